The highest BCUT2D eigenvalue weighted by atomic mass is 32.3. The Hall–Kier alpha value is -3.18. The summed E-state index contributed by atoms with van der Waals surface area (Å²) in [4.78, 5) is 4.18. The van der Waals surface area contributed by atoms with E-state index in [0.717, 1.165) is 3.71 Å². The van der Waals surface area contributed by atoms with E-state index in [1.807, 2.05) is 0 Å². The lowest BCUT2D eigenvalue weighted by molar-refractivity contribution is 0.425. The van der Waals surface area contributed by atoms with Crippen LogP contribution in [0.3, 0.4) is 0 Å². The van der Waals surface area contributed by atoms with Gasteiger partial charge in [-0.05, 0) is 36.8 Å². The number of benzene rings is 2. The Morgan fingerprint density at radius 3 is 2.45 bits per heavy atom. The molecular weight excluding hydrogens is 469 g/mol. The molecule has 33 heavy (non-hydrogen) atoms. The van der Waals surface area contributed by atoms with Crippen molar-refractivity contribution in [2.75, 3.05) is 15.2 Å². The molecule has 0 aliphatic heterocycles. The summed E-state index contributed by atoms with van der Waals surface area (Å²) in [6.45, 7) is 3.18. The molecule has 2 heterocycles. The van der Waals surface area contributed by atoms with Gasteiger partial charge in [0, 0.05) is 28.9 Å². The van der Waals surface area contributed by atoms with Crippen molar-refractivity contribution in [1.82, 2.24) is 9.55 Å². The molecule has 0 saturated carbocycles. The van der Waals surface area contributed by atoms with Crippen molar-refractivity contribution in [1.29, 1.82) is 0 Å². The zero-order valence-electron chi connectivity index (χ0n) is 17.9. The van der Waals surface area contributed by atoms with Crippen LogP contribution in [0.5, 0.6) is 11.6 Å². The monoisotopic (exact) mass is 491 g/mol. The van der Waals surface area contributed by atoms with Crippen LogP contribution in [0.1, 0.15) is 19.4 Å². The summed E-state index contributed by atoms with van der Waals surface area (Å²) in [6.07, 6.45) is 2.92. The molecule has 1 atom stereocenters. The van der Waals surface area contributed by atoms with Gasteiger partial charge in [-0.1, -0.05) is 19.1 Å². The summed E-state index contributed by atoms with van der Waals surface area (Å²) in [5, 5.41) is 22.4. The van der Waals surface area contributed by atoms with Crippen molar-refractivity contribution in [3.8, 4) is 11.6 Å². The smallest absolute Gasteiger partial charge is 0.246 e. The van der Waals surface area contributed by atoms with Crippen molar-refractivity contribution >= 4 is 48.4 Å². The minimum absolute atomic E-state index is 0.0114. The molecular formula is C22H22FN3O5S2. The fraction of sp³-hybridized carbons (Fsp3) is 0.227. The molecule has 0 radical (unpaired) electrons. The van der Waals surface area contributed by atoms with Gasteiger partial charge in [0.25, 0.3) is 0 Å². The summed E-state index contributed by atoms with van der Waals surface area (Å²) in [6, 6.07) is 8.85. The molecule has 0 aliphatic rings. The maximum absolute atomic E-state index is 13.3. The molecule has 4 rings (SSSR count). The normalized spacial score (nSPS) is 12.9. The first-order chi connectivity index (χ1) is 15.7. The first-order valence-corrected chi connectivity index (χ1v) is 13.1. The van der Waals surface area contributed by atoms with Gasteiger partial charge in [-0.15, -0.1) is 0 Å². The minimum atomic E-state index is -4.00. The number of anilines is 1. The topological polar surface area (TPSA) is 113 Å². The van der Waals surface area contributed by atoms with Gasteiger partial charge >= 0.3 is 0 Å². The van der Waals surface area contributed by atoms with Crippen molar-refractivity contribution in [3.05, 3.63) is 60.2 Å². The molecule has 8 nitrogen and oxygen atoms in total. The molecule has 0 amide bonds. The van der Waals surface area contributed by atoms with Crippen LogP contribution >= 0.6 is 0 Å². The Kier molecular flexibility index (Phi) is 6.02. The van der Waals surface area contributed by atoms with Crippen LogP contribution in [-0.2, 0) is 27.6 Å². The van der Waals surface area contributed by atoms with Crippen LogP contribution in [0.4, 0.5) is 10.1 Å². The van der Waals surface area contributed by atoms with Gasteiger partial charge < -0.3 is 14.8 Å². The molecule has 0 aliphatic carbocycles. The number of sulfonamides is 1. The quantitative estimate of drug-likeness (QED) is 0.408. The molecule has 4 aromatic rings. The highest BCUT2D eigenvalue weighted by Crippen LogP contribution is 2.47. The first-order valence-electron chi connectivity index (χ1n) is 10.2. The molecule has 1 unspecified atom stereocenters. The predicted molar refractivity (Wildman–Crippen MR) is 127 cm³/mol. The average Bonchev–Trinajstić information content (AvgIpc) is 3.13. The number of rotatable bonds is 7. The van der Waals surface area contributed by atoms with Gasteiger partial charge in [0.2, 0.25) is 15.9 Å². The Labute approximate surface area is 192 Å². The lowest BCUT2D eigenvalue weighted by Crippen LogP contribution is -2.35. The molecule has 0 saturated heterocycles. The van der Waals surface area contributed by atoms with Gasteiger partial charge in [0.1, 0.15) is 22.3 Å². The minimum Gasteiger partial charge on any atom is -0.505 e. The number of hydrogen-bond acceptors (Lipinski definition) is 6. The van der Waals surface area contributed by atoms with Crippen LogP contribution in [0, 0.1) is 5.82 Å². The van der Waals surface area contributed by atoms with Crippen LogP contribution in [-0.4, -0.2) is 43.9 Å². The molecule has 2 aromatic heterocycles. The van der Waals surface area contributed by atoms with Gasteiger partial charge in [0.15, 0.2) is 5.75 Å². The maximum Gasteiger partial charge on any atom is 0.246 e. The van der Waals surface area contributed by atoms with E-state index < -0.39 is 26.8 Å². The largest absolute Gasteiger partial charge is 0.505 e. The van der Waals surface area contributed by atoms with E-state index in [2.05, 4.69) is 4.98 Å². The van der Waals surface area contributed by atoms with E-state index in [1.54, 1.807) is 31.2 Å². The van der Waals surface area contributed by atoms with Crippen molar-refractivity contribution < 1.29 is 27.2 Å². The van der Waals surface area contributed by atoms with E-state index in [0.29, 0.717) is 5.56 Å². The number of nitrogens with zero attached hydrogens (tertiary/aromatic N) is 3. The number of hydrogen-bond donors (Lipinski definition) is 2. The van der Waals surface area contributed by atoms with E-state index in [-0.39, 0.29) is 57.0 Å². The fourth-order valence-electron chi connectivity index (χ4n) is 3.71. The molecule has 2 N–H and O–H groups in total. The molecule has 174 valence electrons. The third kappa shape index (κ3) is 3.91. The van der Waals surface area contributed by atoms with Gasteiger partial charge in [-0.3, -0.25) is 4.98 Å². The number of aromatic nitrogens is 2. The van der Waals surface area contributed by atoms with E-state index >= 15 is 0 Å². The number of pyridine rings is 1. The van der Waals surface area contributed by atoms with E-state index in [1.165, 1.54) is 36.0 Å². The molecule has 0 fully saturated rings. The number of fused-ring (bicyclic) bond motifs is 2. The number of halogens is 1. The van der Waals surface area contributed by atoms with Gasteiger partial charge in [-0.2, -0.15) is 3.71 Å². The number of phenols is 1. The molecule has 11 heteroatoms. The molecule has 0 bridgehead atoms. The second-order valence-electron chi connectivity index (χ2n) is 7.33. The zero-order chi connectivity index (χ0) is 23.9. The third-order valence-corrected chi connectivity index (χ3v) is 8.97. The maximum atomic E-state index is 13.3. The highest BCUT2D eigenvalue weighted by Gasteiger charge is 2.32. The predicted octanol–water partition coefficient (Wildman–Crippen LogP) is 3.63. The zero-order valence-corrected chi connectivity index (χ0v) is 19.5. The molecule has 0 spiro atoms. The third-order valence-electron chi connectivity index (χ3n) is 5.33. The van der Waals surface area contributed by atoms with E-state index in [4.69, 9.17) is 0 Å². The van der Waals surface area contributed by atoms with Crippen LogP contribution in [0.2, 0.25) is 0 Å². The van der Waals surface area contributed by atoms with Gasteiger partial charge in [-0.25, -0.2) is 17.0 Å². The summed E-state index contributed by atoms with van der Waals surface area (Å²) < 4.78 is 54.6. The summed E-state index contributed by atoms with van der Waals surface area (Å²) >= 11 is 0. The fourth-order valence-corrected chi connectivity index (χ4v) is 6.70. The summed E-state index contributed by atoms with van der Waals surface area (Å²) in [5.41, 5.74) is 0.811. The first kappa shape index (κ1) is 23.0. The van der Waals surface area contributed by atoms with Crippen LogP contribution in [0.25, 0.3) is 21.7 Å². The van der Waals surface area contributed by atoms with Crippen molar-refractivity contribution in [2.24, 2.45) is 0 Å². The van der Waals surface area contributed by atoms with Crippen LogP contribution < -0.4 is 3.71 Å². The lowest BCUT2D eigenvalue weighted by Gasteiger charge is -2.24. The second kappa shape index (κ2) is 8.64. The SMILES string of the molecule is CCS(=O)N(c1c2cccnc2c(O)c2c(O)n(Cc3ccc(F)cc3)cc12)S(=O)(=O)CC. The molecule has 2 aromatic carbocycles. The summed E-state index contributed by atoms with van der Waals surface area (Å²) in [7, 11) is -5.93. The Balaban J connectivity index is 2.08. The Morgan fingerprint density at radius 2 is 1.82 bits per heavy atom. The highest BCUT2D eigenvalue weighted by molar-refractivity contribution is 8.07. The van der Waals surface area contributed by atoms with Crippen LogP contribution in [0.15, 0.2) is 48.8 Å². The van der Waals surface area contributed by atoms with Crippen molar-refractivity contribution in [2.45, 2.75) is 20.4 Å². The summed E-state index contributed by atoms with van der Waals surface area (Å²) in [5.74, 6) is -1.32. The van der Waals surface area contributed by atoms with Gasteiger partial charge in [0.05, 0.1) is 23.4 Å². The lowest BCUT2D eigenvalue weighted by atomic mass is 10.1. The van der Waals surface area contributed by atoms with Crippen molar-refractivity contribution in [3.63, 3.8) is 0 Å². The number of aromatic hydroxyl groups is 2. The van der Waals surface area contributed by atoms with E-state index in [9.17, 15) is 27.2 Å². The second-order valence-corrected chi connectivity index (χ2v) is 11.3. The Morgan fingerprint density at radius 1 is 1.12 bits per heavy atom. The number of phenolic OH excluding ortho intramolecular Hbond substituents is 1. The average molecular weight is 492 g/mol. The Bertz CT molecular complexity index is 1480. The standard InChI is InChI=1S/C22H22FN3O5S2/c1-3-32(29)26(33(30,31)4-2)20-16-6-5-11-24-19(16)21(27)18-17(20)13-25(22(18)28)12-14-7-9-15(23)10-8-14/h5-11,13,27-28H,3-4,12H2,1-2H3.